The quantitative estimate of drug-likeness (QED) is 0.736. The molecule has 0 saturated heterocycles. The number of ether oxygens (including phenoxy) is 1. The van der Waals surface area contributed by atoms with Gasteiger partial charge in [0, 0.05) is 18.2 Å². The minimum Gasteiger partial charge on any atom is -0.490 e. The van der Waals surface area contributed by atoms with E-state index in [2.05, 4.69) is 0 Å². The molecule has 4 nitrogen and oxygen atoms in total. The Morgan fingerprint density at radius 1 is 1.54 bits per heavy atom. The summed E-state index contributed by atoms with van der Waals surface area (Å²) in [5, 5.41) is 8.53. The Labute approximate surface area is 75.7 Å². The lowest BCUT2D eigenvalue weighted by Gasteiger charge is -1.99. The van der Waals surface area contributed by atoms with E-state index < -0.39 is 0 Å². The second kappa shape index (κ2) is 3.22. The normalized spacial score (nSPS) is 14.7. The molecule has 0 fully saturated rings. The van der Waals surface area contributed by atoms with Crippen LogP contribution in [-0.2, 0) is 6.42 Å². The van der Waals surface area contributed by atoms with Crippen LogP contribution in [0, 0.1) is 0 Å². The van der Waals surface area contributed by atoms with E-state index in [1.54, 1.807) is 10.8 Å². The van der Waals surface area contributed by atoms with Crippen molar-refractivity contribution in [1.29, 1.82) is 0 Å². The first-order valence-electron chi connectivity index (χ1n) is 4.29. The molecule has 0 bridgehead atoms. The zero-order valence-electron chi connectivity index (χ0n) is 7.19. The average molecular weight is 181 g/mol. The average Bonchev–Trinajstić information content (AvgIpc) is 2.65. The van der Waals surface area contributed by atoms with Crippen molar-refractivity contribution in [2.45, 2.75) is 12.8 Å². The Morgan fingerprint density at radius 3 is 3.08 bits per heavy atom. The molecule has 1 aliphatic rings. The van der Waals surface area contributed by atoms with E-state index in [0.29, 0.717) is 12.2 Å². The number of hydrogen-bond donors (Lipinski definition) is 1. The maximum Gasteiger partial charge on any atom is 0.231 e. The van der Waals surface area contributed by atoms with Gasteiger partial charge in [0.1, 0.15) is 12.4 Å². The fourth-order valence-corrected chi connectivity index (χ4v) is 1.50. The lowest BCUT2D eigenvalue weighted by molar-refractivity contribution is 0.0923. The van der Waals surface area contributed by atoms with Crippen LogP contribution in [0.5, 0.6) is 5.75 Å². The van der Waals surface area contributed by atoms with Crippen molar-refractivity contribution in [2.75, 3.05) is 13.2 Å². The van der Waals surface area contributed by atoms with Crippen molar-refractivity contribution in [1.82, 2.24) is 4.57 Å². The van der Waals surface area contributed by atoms with Crippen molar-refractivity contribution in [2.24, 2.45) is 0 Å². The molecule has 0 spiro atoms. The topological polar surface area (TPSA) is 51.5 Å². The molecule has 70 valence electrons. The van der Waals surface area contributed by atoms with Crippen LogP contribution in [0.15, 0.2) is 12.3 Å². The fourth-order valence-electron chi connectivity index (χ4n) is 1.50. The van der Waals surface area contributed by atoms with Crippen molar-refractivity contribution < 1.29 is 14.6 Å². The Hall–Kier alpha value is -1.29. The van der Waals surface area contributed by atoms with Crippen LogP contribution < -0.4 is 4.74 Å². The Kier molecular flexibility index (Phi) is 2.06. The Bertz CT molecular complexity index is 330. The van der Waals surface area contributed by atoms with E-state index in [0.717, 1.165) is 12.1 Å². The summed E-state index contributed by atoms with van der Waals surface area (Å²) in [6.07, 6.45) is 3.07. The third kappa shape index (κ3) is 1.45. The maximum atomic E-state index is 11.2. The van der Waals surface area contributed by atoms with E-state index >= 15 is 0 Å². The number of hydrogen-bond acceptors (Lipinski definition) is 3. The van der Waals surface area contributed by atoms with Crippen molar-refractivity contribution in [3.8, 4) is 5.75 Å². The summed E-state index contributed by atoms with van der Waals surface area (Å²) < 4.78 is 6.80. The number of rotatable bonds is 3. The summed E-state index contributed by atoms with van der Waals surface area (Å²) in [4.78, 5) is 11.2. The molecule has 0 unspecified atom stereocenters. The minimum absolute atomic E-state index is 0.00550. The van der Waals surface area contributed by atoms with Gasteiger partial charge in [0.15, 0.2) is 0 Å². The van der Waals surface area contributed by atoms with Crippen molar-refractivity contribution >= 4 is 5.91 Å². The molecule has 0 saturated carbocycles. The summed E-state index contributed by atoms with van der Waals surface area (Å²) in [5.41, 5.74) is 0.998. The summed E-state index contributed by atoms with van der Waals surface area (Å²) in [7, 11) is 0. The zero-order chi connectivity index (χ0) is 9.26. The Morgan fingerprint density at radius 2 is 2.38 bits per heavy atom. The molecular weight excluding hydrogens is 170 g/mol. The van der Waals surface area contributed by atoms with E-state index in [1.165, 1.54) is 0 Å². The van der Waals surface area contributed by atoms with Gasteiger partial charge >= 0.3 is 0 Å². The molecule has 2 rings (SSSR count). The van der Waals surface area contributed by atoms with Crippen LogP contribution in [0.1, 0.15) is 16.9 Å². The molecule has 0 atom stereocenters. The molecule has 0 amide bonds. The molecule has 0 aromatic carbocycles. The monoisotopic (exact) mass is 181 g/mol. The smallest absolute Gasteiger partial charge is 0.231 e. The standard InChI is InChI=1S/C9H11NO3/c11-3-4-13-8-5-7-1-2-9(12)10(7)6-8/h5-6,11H,1-4H2. The van der Waals surface area contributed by atoms with Crippen molar-refractivity contribution in [3.63, 3.8) is 0 Å². The predicted molar refractivity (Wildman–Crippen MR) is 46.0 cm³/mol. The van der Waals surface area contributed by atoms with Gasteiger partial charge in [-0.2, -0.15) is 0 Å². The SMILES string of the molecule is O=C1CCc2cc(OCCO)cn21. The van der Waals surface area contributed by atoms with Crippen LogP contribution in [0.2, 0.25) is 0 Å². The number of fused-ring (bicyclic) bond motifs is 1. The minimum atomic E-state index is -0.00550. The number of aromatic nitrogens is 1. The molecule has 0 radical (unpaired) electrons. The number of aliphatic hydroxyl groups is 1. The largest absolute Gasteiger partial charge is 0.490 e. The molecule has 13 heavy (non-hydrogen) atoms. The first-order valence-corrected chi connectivity index (χ1v) is 4.29. The summed E-state index contributed by atoms with van der Waals surface area (Å²) in [6.45, 7) is 0.270. The van der Waals surface area contributed by atoms with Gasteiger partial charge in [-0.3, -0.25) is 9.36 Å². The van der Waals surface area contributed by atoms with E-state index in [1.807, 2.05) is 6.07 Å². The number of carbonyl (C=O) groups is 1. The van der Waals surface area contributed by atoms with E-state index in [-0.39, 0.29) is 19.1 Å². The van der Waals surface area contributed by atoms with E-state index in [9.17, 15) is 4.79 Å². The lowest BCUT2D eigenvalue weighted by atomic mass is 10.3. The number of carbonyl (C=O) groups excluding carboxylic acids is 1. The van der Waals surface area contributed by atoms with Crippen LogP contribution in [0.3, 0.4) is 0 Å². The van der Waals surface area contributed by atoms with Gasteiger partial charge in [-0.1, -0.05) is 0 Å². The highest BCUT2D eigenvalue weighted by atomic mass is 16.5. The summed E-state index contributed by atoms with van der Waals surface area (Å²) in [6, 6.07) is 1.85. The molecule has 0 aliphatic carbocycles. The van der Waals surface area contributed by atoms with Crippen molar-refractivity contribution in [3.05, 3.63) is 18.0 Å². The molecular formula is C9H11NO3. The Balaban J connectivity index is 2.14. The first kappa shape index (κ1) is 8.31. The highest BCUT2D eigenvalue weighted by molar-refractivity contribution is 5.83. The van der Waals surface area contributed by atoms with Gasteiger partial charge in [-0.25, -0.2) is 0 Å². The highest BCUT2D eigenvalue weighted by Gasteiger charge is 2.19. The van der Waals surface area contributed by atoms with Gasteiger partial charge in [0.2, 0.25) is 5.91 Å². The second-order valence-corrected chi connectivity index (χ2v) is 3.00. The van der Waals surface area contributed by atoms with Crippen LogP contribution in [0.4, 0.5) is 0 Å². The van der Waals surface area contributed by atoms with Gasteiger partial charge in [-0.05, 0) is 6.42 Å². The van der Waals surface area contributed by atoms with Crippen LogP contribution >= 0.6 is 0 Å². The van der Waals surface area contributed by atoms with Crippen LogP contribution in [0.25, 0.3) is 0 Å². The highest BCUT2D eigenvalue weighted by Crippen LogP contribution is 2.22. The molecule has 1 N–H and O–H groups in total. The molecule has 1 aromatic rings. The predicted octanol–water partition coefficient (Wildman–Crippen LogP) is 0.446. The number of aliphatic hydroxyl groups excluding tert-OH is 1. The van der Waals surface area contributed by atoms with Gasteiger partial charge < -0.3 is 9.84 Å². The summed E-state index contributed by atoms with van der Waals surface area (Å²) >= 11 is 0. The molecule has 2 heterocycles. The van der Waals surface area contributed by atoms with Gasteiger partial charge in [0.25, 0.3) is 0 Å². The third-order valence-corrected chi connectivity index (χ3v) is 2.10. The number of aryl methyl sites for hydroxylation is 1. The molecule has 1 aliphatic heterocycles. The molecule has 1 aromatic heterocycles. The first-order chi connectivity index (χ1) is 6.31. The number of nitrogens with zero attached hydrogens (tertiary/aromatic N) is 1. The zero-order valence-corrected chi connectivity index (χ0v) is 7.19. The molecule has 4 heteroatoms. The van der Waals surface area contributed by atoms with E-state index in [4.69, 9.17) is 9.84 Å². The second-order valence-electron chi connectivity index (χ2n) is 3.00. The van der Waals surface area contributed by atoms with Crippen LogP contribution in [-0.4, -0.2) is 28.8 Å². The maximum absolute atomic E-state index is 11.2. The van der Waals surface area contributed by atoms with Gasteiger partial charge in [0.05, 0.1) is 12.8 Å². The lowest BCUT2D eigenvalue weighted by Crippen LogP contribution is -2.03. The van der Waals surface area contributed by atoms with Gasteiger partial charge in [-0.15, -0.1) is 0 Å². The third-order valence-electron chi connectivity index (χ3n) is 2.10. The fraction of sp³-hybridized carbons (Fsp3) is 0.444. The summed E-state index contributed by atoms with van der Waals surface area (Å²) in [5.74, 6) is 0.783.